The molecule has 2 nitrogen and oxygen atoms in total. The molecule has 14 heavy (non-hydrogen) atoms. The lowest BCUT2D eigenvalue weighted by molar-refractivity contribution is 0.567. The van der Waals surface area contributed by atoms with Gasteiger partial charge >= 0.3 is 0 Å². The van der Waals surface area contributed by atoms with Gasteiger partial charge in [0.25, 0.3) is 0 Å². The summed E-state index contributed by atoms with van der Waals surface area (Å²) in [7, 11) is 0. The van der Waals surface area contributed by atoms with E-state index in [9.17, 15) is 0 Å². The van der Waals surface area contributed by atoms with Crippen LogP contribution in [-0.4, -0.2) is 9.97 Å². The van der Waals surface area contributed by atoms with E-state index in [4.69, 9.17) is 0 Å². The molecule has 0 saturated heterocycles. The topological polar surface area (TPSA) is 25.8 Å². The van der Waals surface area contributed by atoms with Gasteiger partial charge < -0.3 is 0 Å². The number of hydrogen-bond donors (Lipinski definition) is 0. The van der Waals surface area contributed by atoms with Crippen molar-refractivity contribution in [2.75, 3.05) is 0 Å². The second kappa shape index (κ2) is 8.67. The normalized spacial score (nSPS) is 9.07. The molecule has 0 aliphatic rings. The van der Waals surface area contributed by atoms with Crippen molar-refractivity contribution < 1.29 is 0 Å². The minimum Gasteiger partial charge on any atom is -0.245 e. The average molecular weight is 196 g/mol. The smallest absolute Gasteiger partial charge is 0.115 e. The molecule has 0 unspecified atom stereocenters. The van der Waals surface area contributed by atoms with Crippen LogP contribution in [0.4, 0.5) is 0 Å². The van der Waals surface area contributed by atoms with Gasteiger partial charge in [-0.25, -0.2) is 9.97 Å². The van der Waals surface area contributed by atoms with Crippen LogP contribution >= 0.6 is 0 Å². The molecule has 0 amide bonds. The van der Waals surface area contributed by atoms with Crippen molar-refractivity contribution in [1.82, 2.24) is 9.97 Å². The second-order valence-corrected chi connectivity index (χ2v) is 3.34. The van der Waals surface area contributed by atoms with E-state index in [-0.39, 0.29) is 5.41 Å². The van der Waals surface area contributed by atoms with Gasteiger partial charge in [0.15, 0.2) is 0 Å². The molecular formula is C12H24N2. The summed E-state index contributed by atoms with van der Waals surface area (Å²) in [6, 6.07) is 1.94. The first kappa shape index (κ1) is 15.5. The molecule has 0 bridgehead atoms. The van der Waals surface area contributed by atoms with Gasteiger partial charge in [-0.2, -0.15) is 0 Å². The summed E-state index contributed by atoms with van der Waals surface area (Å²) in [6.07, 6.45) is 3.36. The van der Waals surface area contributed by atoms with Crippen LogP contribution < -0.4 is 0 Å². The second-order valence-electron chi connectivity index (χ2n) is 3.34. The van der Waals surface area contributed by atoms with Gasteiger partial charge in [0.1, 0.15) is 6.33 Å². The van der Waals surface area contributed by atoms with Crippen molar-refractivity contribution in [1.29, 1.82) is 0 Å². The first-order valence-electron chi connectivity index (χ1n) is 5.37. The Balaban J connectivity index is 0. The van der Waals surface area contributed by atoms with E-state index in [1.165, 1.54) is 0 Å². The van der Waals surface area contributed by atoms with Gasteiger partial charge in [0, 0.05) is 17.3 Å². The van der Waals surface area contributed by atoms with E-state index in [2.05, 4.69) is 30.7 Å². The van der Waals surface area contributed by atoms with Crippen LogP contribution in [0.5, 0.6) is 0 Å². The van der Waals surface area contributed by atoms with E-state index in [1.54, 1.807) is 12.5 Å². The highest BCUT2D eigenvalue weighted by atomic mass is 14.8. The number of hydrogen-bond acceptors (Lipinski definition) is 2. The van der Waals surface area contributed by atoms with Crippen LogP contribution in [0.3, 0.4) is 0 Å². The molecule has 1 rings (SSSR count). The summed E-state index contributed by atoms with van der Waals surface area (Å²) in [5.74, 6) is 0. The Hall–Kier alpha value is -0.920. The monoisotopic (exact) mass is 196 g/mol. The molecule has 1 heterocycles. The zero-order chi connectivity index (χ0) is 11.6. The third-order valence-electron chi connectivity index (χ3n) is 1.35. The van der Waals surface area contributed by atoms with Gasteiger partial charge in [-0.15, -0.1) is 0 Å². The van der Waals surface area contributed by atoms with Gasteiger partial charge in [-0.05, 0) is 6.07 Å². The molecule has 82 valence electrons. The van der Waals surface area contributed by atoms with Crippen molar-refractivity contribution in [2.45, 2.75) is 53.9 Å². The summed E-state index contributed by atoms with van der Waals surface area (Å²) in [4.78, 5) is 7.99. The molecule has 0 saturated carbocycles. The Morgan fingerprint density at radius 2 is 1.50 bits per heavy atom. The molecule has 0 aliphatic heterocycles. The summed E-state index contributed by atoms with van der Waals surface area (Å²) in [5, 5.41) is 0. The van der Waals surface area contributed by atoms with Crippen LogP contribution in [0.2, 0.25) is 0 Å². The largest absolute Gasteiger partial charge is 0.245 e. The Morgan fingerprint density at radius 3 is 1.71 bits per heavy atom. The number of nitrogens with zero attached hydrogens (tertiary/aromatic N) is 2. The van der Waals surface area contributed by atoms with Crippen LogP contribution in [0.25, 0.3) is 0 Å². The van der Waals surface area contributed by atoms with Crippen molar-refractivity contribution in [3.8, 4) is 0 Å². The van der Waals surface area contributed by atoms with E-state index in [0.717, 1.165) is 5.69 Å². The lowest BCUT2D eigenvalue weighted by atomic mass is 9.92. The SMILES string of the molecule is CC.CC.CC(C)(C)c1ccncn1. The summed E-state index contributed by atoms with van der Waals surface area (Å²) >= 11 is 0. The maximum absolute atomic E-state index is 4.14. The molecule has 0 N–H and O–H groups in total. The van der Waals surface area contributed by atoms with Crippen molar-refractivity contribution in [3.63, 3.8) is 0 Å². The Morgan fingerprint density at radius 1 is 1.00 bits per heavy atom. The molecule has 2 heteroatoms. The number of rotatable bonds is 0. The molecular weight excluding hydrogens is 172 g/mol. The summed E-state index contributed by atoms with van der Waals surface area (Å²) < 4.78 is 0. The average Bonchev–Trinajstić information content (AvgIpc) is 2.24. The van der Waals surface area contributed by atoms with E-state index < -0.39 is 0 Å². The highest BCUT2D eigenvalue weighted by Gasteiger charge is 2.13. The minimum atomic E-state index is 0.142. The van der Waals surface area contributed by atoms with Crippen LogP contribution in [-0.2, 0) is 5.41 Å². The Kier molecular flexibility index (Phi) is 9.63. The lowest BCUT2D eigenvalue weighted by Gasteiger charge is -2.16. The molecule has 0 spiro atoms. The fraction of sp³-hybridized carbons (Fsp3) is 0.667. The molecule has 0 atom stereocenters. The lowest BCUT2D eigenvalue weighted by Crippen LogP contribution is -2.12. The highest BCUT2D eigenvalue weighted by molar-refractivity contribution is 5.09. The Labute approximate surface area is 88.8 Å². The Bertz CT molecular complexity index is 199. The first-order chi connectivity index (χ1) is 6.61. The van der Waals surface area contributed by atoms with Crippen molar-refractivity contribution in [2.24, 2.45) is 0 Å². The molecule has 0 radical (unpaired) electrons. The van der Waals surface area contributed by atoms with Crippen molar-refractivity contribution >= 4 is 0 Å². The van der Waals surface area contributed by atoms with Crippen molar-refractivity contribution in [3.05, 3.63) is 24.3 Å². The van der Waals surface area contributed by atoms with Gasteiger partial charge in [0.2, 0.25) is 0 Å². The highest BCUT2D eigenvalue weighted by Crippen LogP contribution is 2.17. The van der Waals surface area contributed by atoms with Gasteiger partial charge in [-0.1, -0.05) is 48.5 Å². The van der Waals surface area contributed by atoms with Gasteiger partial charge in [0.05, 0.1) is 0 Å². The maximum atomic E-state index is 4.14. The quantitative estimate of drug-likeness (QED) is 0.630. The maximum Gasteiger partial charge on any atom is 0.115 e. The van der Waals surface area contributed by atoms with E-state index in [0.29, 0.717) is 0 Å². The third-order valence-corrected chi connectivity index (χ3v) is 1.35. The molecule has 0 aliphatic carbocycles. The fourth-order valence-corrected chi connectivity index (χ4v) is 0.734. The summed E-state index contributed by atoms with van der Waals surface area (Å²) in [5.41, 5.74) is 1.23. The fourth-order valence-electron chi connectivity index (χ4n) is 0.734. The first-order valence-corrected chi connectivity index (χ1v) is 5.37. The number of aromatic nitrogens is 2. The molecule has 1 aromatic rings. The van der Waals surface area contributed by atoms with Gasteiger partial charge in [-0.3, -0.25) is 0 Å². The molecule has 0 aromatic carbocycles. The zero-order valence-corrected chi connectivity index (χ0v) is 10.6. The van der Waals surface area contributed by atoms with Crippen LogP contribution in [0, 0.1) is 0 Å². The predicted molar refractivity (Wildman–Crippen MR) is 63.4 cm³/mol. The standard InChI is InChI=1S/C8H12N2.2C2H6/c1-8(2,3)7-4-5-9-6-10-7;2*1-2/h4-6H,1-3H3;2*1-2H3. The minimum absolute atomic E-state index is 0.142. The van der Waals surface area contributed by atoms with Crippen LogP contribution in [0.1, 0.15) is 54.2 Å². The molecule has 0 fully saturated rings. The summed E-state index contributed by atoms with van der Waals surface area (Å²) in [6.45, 7) is 14.4. The zero-order valence-electron chi connectivity index (χ0n) is 10.6. The third kappa shape index (κ3) is 6.58. The predicted octanol–water partition coefficient (Wildman–Crippen LogP) is 3.83. The van der Waals surface area contributed by atoms with E-state index >= 15 is 0 Å². The molecule has 1 aromatic heterocycles. The van der Waals surface area contributed by atoms with E-state index in [1.807, 2.05) is 33.8 Å². The van der Waals surface area contributed by atoms with Crippen LogP contribution in [0.15, 0.2) is 18.6 Å².